The van der Waals surface area contributed by atoms with Gasteiger partial charge < -0.3 is 23.0 Å². The Morgan fingerprint density at radius 1 is 0.444 bits per heavy atom. The standard InChI is InChI=1S/C73H54N2O3P2Si/c1-52(74-65-45-25-21-41-61(65)62-42-22-26-46-66(62)74)49-70-72(53(2)79(76,55-29-9-3-10-30-55)56-31-11-4-12-32-56)78-73-69(80(77,57-33-13-5-14-34-57)58-35-15-6-16-36-58)50-54(75-67-47-27-23-43-63(67)64-44-24-28-48-68(64)75)51-71(73)81(70,59-37-17-7-18-38-59)60-39-19-8-20-40-60/h3-51H,2H2,1H3/b52-49+. The molecule has 0 fully saturated rings. The number of hydrogen-bond acceptors (Lipinski definition) is 3. The van der Waals surface area contributed by atoms with Crippen molar-refractivity contribution < 1.29 is 13.9 Å². The Labute approximate surface area is 472 Å². The molecule has 81 heavy (non-hydrogen) atoms. The summed E-state index contributed by atoms with van der Waals surface area (Å²) in [5.41, 5.74) is 5.90. The van der Waals surface area contributed by atoms with E-state index in [9.17, 15) is 0 Å². The van der Waals surface area contributed by atoms with Gasteiger partial charge in [-0.05, 0) is 65.0 Å². The topological polar surface area (TPSA) is 53.2 Å². The molecule has 2 aromatic heterocycles. The molecule has 1 aliphatic heterocycles. The molecule has 14 rings (SSSR count). The van der Waals surface area contributed by atoms with Gasteiger partial charge in [0, 0.05) is 59.3 Å². The van der Waals surface area contributed by atoms with Gasteiger partial charge in [0.05, 0.1) is 32.7 Å². The second kappa shape index (κ2) is 20.1. The predicted octanol–water partition coefficient (Wildman–Crippen LogP) is 14.3. The quantitative estimate of drug-likeness (QED) is 0.0905. The number of benzene rings is 11. The van der Waals surface area contributed by atoms with Crippen LogP contribution in [-0.4, -0.2) is 17.2 Å². The number of para-hydroxylation sites is 4. The third-order valence-electron chi connectivity index (χ3n) is 16.3. The van der Waals surface area contributed by atoms with Crippen LogP contribution in [0.5, 0.6) is 5.75 Å². The maximum atomic E-state index is 17.8. The second-order valence-electron chi connectivity index (χ2n) is 20.7. The molecule has 0 atom stereocenters. The predicted molar refractivity (Wildman–Crippen MR) is 344 cm³/mol. The average molecular weight is 1100 g/mol. The summed E-state index contributed by atoms with van der Waals surface area (Å²) in [6, 6.07) is 99.3. The van der Waals surface area contributed by atoms with Crippen LogP contribution in [0.25, 0.3) is 55.0 Å². The van der Waals surface area contributed by atoms with Crippen molar-refractivity contribution in [1.82, 2.24) is 9.13 Å². The van der Waals surface area contributed by atoms with E-state index in [1.54, 1.807) is 0 Å². The van der Waals surface area contributed by atoms with Crippen LogP contribution in [-0.2, 0) is 9.13 Å². The Balaban J connectivity index is 1.22. The van der Waals surface area contributed by atoms with Gasteiger partial charge in [0.1, 0.15) is 11.5 Å². The van der Waals surface area contributed by atoms with Crippen LogP contribution in [0.4, 0.5) is 0 Å². The van der Waals surface area contributed by atoms with Gasteiger partial charge in [0.2, 0.25) is 0 Å². The fourth-order valence-electron chi connectivity index (χ4n) is 12.7. The van der Waals surface area contributed by atoms with Crippen molar-refractivity contribution in [2.45, 2.75) is 6.92 Å². The zero-order valence-electron chi connectivity index (χ0n) is 44.5. The minimum absolute atomic E-state index is 0.335. The first-order valence-electron chi connectivity index (χ1n) is 27.3. The molecule has 13 aromatic rings. The average Bonchev–Trinajstić information content (AvgIpc) is 3.21. The van der Waals surface area contributed by atoms with Gasteiger partial charge in [-0.2, -0.15) is 0 Å². The number of aromatic nitrogens is 2. The van der Waals surface area contributed by atoms with E-state index >= 15 is 9.13 Å². The van der Waals surface area contributed by atoms with E-state index in [4.69, 9.17) is 11.3 Å². The molecule has 8 heteroatoms. The molecule has 0 aliphatic carbocycles. The molecule has 0 bridgehead atoms. The number of allylic oxidation sites excluding steroid dienone is 4. The molecule has 3 heterocycles. The maximum absolute atomic E-state index is 17.8. The molecule has 0 saturated heterocycles. The Bertz CT molecular complexity index is 4510. The first kappa shape index (κ1) is 50.0. The van der Waals surface area contributed by atoms with Crippen molar-refractivity contribution in [2.24, 2.45) is 0 Å². The number of nitrogens with zero attached hydrogens (tertiary/aromatic N) is 2. The third kappa shape index (κ3) is 7.81. The highest BCUT2D eigenvalue weighted by Gasteiger charge is 2.53. The molecule has 0 spiro atoms. The second-order valence-corrected chi connectivity index (χ2v) is 30.0. The van der Waals surface area contributed by atoms with E-state index in [1.165, 1.54) is 0 Å². The highest BCUT2D eigenvalue weighted by atomic mass is 31.2. The fourth-order valence-corrected chi connectivity index (χ4v) is 23.4. The third-order valence-corrected chi connectivity index (χ3v) is 27.1. The van der Waals surface area contributed by atoms with Crippen LogP contribution in [0.3, 0.4) is 0 Å². The molecule has 5 nitrogen and oxygen atoms in total. The first-order chi connectivity index (χ1) is 39.8. The summed E-state index contributed by atoms with van der Waals surface area (Å²) in [6.45, 7) is 7.22. The van der Waals surface area contributed by atoms with Gasteiger partial charge in [-0.15, -0.1) is 0 Å². The van der Waals surface area contributed by atoms with Gasteiger partial charge in [-0.3, -0.25) is 0 Å². The summed E-state index contributed by atoms with van der Waals surface area (Å²) in [5, 5.41) is 11.8. The molecule has 388 valence electrons. The molecule has 1 aliphatic rings. The van der Waals surface area contributed by atoms with Gasteiger partial charge in [0.15, 0.2) is 22.4 Å². The Morgan fingerprint density at radius 3 is 1.23 bits per heavy atom. The summed E-state index contributed by atoms with van der Waals surface area (Å²) in [6.07, 6.45) is 2.30. The first-order valence-corrected chi connectivity index (χ1v) is 32.7. The monoisotopic (exact) mass is 1100 g/mol. The number of ether oxygens (including phenoxy) is 1. The van der Waals surface area contributed by atoms with Crippen molar-refractivity contribution in [2.75, 3.05) is 0 Å². The lowest BCUT2D eigenvalue weighted by molar-refractivity contribution is 0.442. The number of fused-ring (bicyclic) bond motifs is 7. The minimum atomic E-state index is -3.94. The van der Waals surface area contributed by atoms with Crippen LogP contribution in [0.2, 0.25) is 0 Å². The van der Waals surface area contributed by atoms with Crippen LogP contribution >= 0.6 is 14.3 Å². The number of rotatable bonds is 12. The molecular formula is C73H54N2O3P2Si. The molecule has 0 amide bonds. The largest absolute Gasteiger partial charge is 0.456 e. The van der Waals surface area contributed by atoms with Crippen molar-refractivity contribution in [3.05, 3.63) is 320 Å². The lowest BCUT2D eigenvalue weighted by atomic mass is 10.2. The van der Waals surface area contributed by atoms with Crippen molar-refractivity contribution in [3.8, 4) is 11.4 Å². The summed E-state index contributed by atoms with van der Waals surface area (Å²) in [5.74, 6) is 0.849. The molecular weight excluding hydrogens is 1040 g/mol. The van der Waals surface area contributed by atoms with E-state index in [-0.39, 0.29) is 0 Å². The Hall–Kier alpha value is -9.28. The summed E-state index contributed by atoms with van der Waals surface area (Å²) >= 11 is 0. The smallest absolute Gasteiger partial charge is 0.188 e. The highest BCUT2D eigenvalue weighted by Crippen LogP contribution is 2.57. The van der Waals surface area contributed by atoms with Crippen LogP contribution in [0.1, 0.15) is 6.92 Å². The van der Waals surface area contributed by atoms with Crippen molar-refractivity contribution in [3.63, 3.8) is 0 Å². The molecule has 0 N–H and O–H groups in total. The Kier molecular flexibility index (Phi) is 12.4. The van der Waals surface area contributed by atoms with E-state index in [0.29, 0.717) is 43.3 Å². The molecule has 0 unspecified atom stereocenters. The van der Waals surface area contributed by atoms with Gasteiger partial charge in [0.25, 0.3) is 0 Å². The lowest BCUT2D eigenvalue weighted by Crippen LogP contribution is -2.71. The van der Waals surface area contributed by atoms with Gasteiger partial charge in [-0.25, -0.2) is 0 Å². The molecule has 0 radical (unpaired) electrons. The zero-order chi connectivity index (χ0) is 54.7. The SMILES string of the molecule is C=C(C1=C(/C=C(\C)n2c3ccccc3c3ccccc32)[Si](c2ccccc2)(c2ccccc2)c2cc(-n3c4ccccc4c4ccccc43)cc(P(=O)(c3ccccc3)c3ccccc3)c2O1)P(=O)(c1ccccc1)c1ccccc1. The van der Waals surface area contributed by atoms with E-state index in [1.807, 2.05) is 121 Å². The van der Waals surface area contributed by atoms with E-state index in [2.05, 4.69) is 192 Å². The Morgan fingerprint density at radius 2 is 0.802 bits per heavy atom. The van der Waals surface area contributed by atoms with Crippen LogP contribution in [0.15, 0.2) is 320 Å². The summed E-state index contributed by atoms with van der Waals surface area (Å²) in [4.78, 5) is 0. The van der Waals surface area contributed by atoms with Gasteiger partial charge >= 0.3 is 0 Å². The normalized spacial score (nSPS) is 13.6. The van der Waals surface area contributed by atoms with E-state index < -0.39 is 22.4 Å². The highest BCUT2D eigenvalue weighted by molar-refractivity contribution is 7.85. The van der Waals surface area contributed by atoms with E-state index in [0.717, 1.165) is 75.8 Å². The van der Waals surface area contributed by atoms with Gasteiger partial charge in [-0.1, -0.05) is 261 Å². The fraction of sp³-hybridized carbons (Fsp3) is 0.0137. The zero-order valence-corrected chi connectivity index (χ0v) is 47.3. The molecule has 0 saturated carbocycles. The summed E-state index contributed by atoms with van der Waals surface area (Å²) < 4.78 is 47.9. The van der Waals surface area contributed by atoms with Crippen molar-refractivity contribution >= 4 is 114 Å². The minimum Gasteiger partial charge on any atom is -0.456 e. The number of hydrogen-bond donors (Lipinski definition) is 0. The van der Waals surface area contributed by atoms with Crippen molar-refractivity contribution in [1.29, 1.82) is 0 Å². The molecule has 11 aromatic carbocycles. The van der Waals surface area contributed by atoms with Crippen LogP contribution in [0, 0.1) is 0 Å². The maximum Gasteiger partial charge on any atom is 0.188 e. The lowest BCUT2D eigenvalue weighted by Gasteiger charge is -2.43. The summed E-state index contributed by atoms with van der Waals surface area (Å²) in [7, 11) is -11.8. The van der Waals surface area contributed by atoms with Crippen LogP contribution < -0.4 is 46.8 Å².